The number of hydrogen-bond acceptors (Lipinski definition) is 0. The Morgan fingerprint density at radius 2 is 0.400 bits per heavy atom. The van der Waals surface area contributed by atoms with E-state index >= 15 is 0 Å². The standard InChI is InChI=1S/C40H50/c1-6-36(31-21-11-12-22-31)37(7-2,32-23-13-14-24-32)39(9-4,34-27-17-18-28-34)40(10-5,35-29-19-20-30-35)38(36,8-3)33-25-15-16-26-33/h11-35H,6-10H2,1-5H3. The first-order valence-corrected chi connectivity index (χ1v) is 16.3. The van der Waals surface area contributed by atoms with Crippen molar-refractivity contribution in [1.29, 1.82) is 0 Å². The first kappa shape index (κ1) is 27.6. The van der Waals surface area contributed by atoms with Crippen molar-refractivity contribution in [2.45, 2.75) is 66.7 Å². The van der Waals surface area contributed by atoms with Crippen LogP contribution in [0.25, 0.3) is 0 Å². The average molecular weight is 531 g/mol. The van der Waals surface area contributed by atoms with E-state index in [2.05, 4.69) is 156 Å². The van der Waals surface area contributed by atoms with E-state index in [0.29, 0.717) is 29.6 Å². The smallest absolute Gasteiger partial charge is 0.00209 e. The third-order valence-electron chi connectivity index (χ3n) is 13.4. The zero-order chi connectivity index (χ0) is 28.1. The second-order valence-corrected chi connectivity index (χ2v) is 13.1. The Morgan fingerprint density at radius 1 is 0.275 bits per heavy atom. The van der Waals surface area contributed by atoms with Gasteiger partial charge in [0.2, 0.25) is 0 Å². The molecule has 1 fully saturated rings. The molecule has 1 saturated carbocycles. The van der Waals surface area contributed by atoms with Crippen LogP contribution in [-0.2, 0) is 0 Å². The molecule has 6 aliphatic carbocycles. The predicted octanol–water partition coefficient (Wildman–Crippen LogP) is 10.7. The third kappa shape index (κ3) is 2.80. The largest absolute Gasteiger partial charge is 0.0770 e. The highest BCUT2D eigenvalue weighted by molar-refractivity contribution is 5.48. The first-order chi connectivity index (χ1) is 19.6. The van der Waals surface area contributed by atoms with Gasteiger partial charge in [0.05, 0.1) is 0 Å². The lowest BCUT2D eigenvalue weighted by molar-refractivity contribution is -0.128. The monoisotopic (exact) mass is 530 g/mol. The van der Waals surface area contributed by atoms with Gasteiger partial charge in [0.15, 0.2) is 0 Å². The van der Waals surface area contributed by atoms with Crippen LogP contribution in [0.2, 0.25) is 0 Å². The first-order valence-electron chi connectivity index (χ1n) is 16.3. The van der Waals surface area contributed by atoms with E-state index in [-0.39, 0.29) is 27.1 Å². The van der Waals surface area contributed by atoms with Crippen molar-refractivity contribution in [3.05, 3.63) is 122 Å². The molecule has 6 rings (SSSR count). The van der Waals surface area contributed by atoms with Crippen molar-refractivity contribution in [1.82, 2.24) is 0 Å². The lowest BCUT2D eigenvalue weighted by atomic mass is 9.40. The van der Waals surface area contributed by atoms with Crippen LogP contribution in [-0.4, -0.2) is 0 Å². The molecule has 0 atom stereocenters. The third-order valence-corrected chi connectivity index (χ3v) is 13.4. The number of hydrogen-bond donors (Lipinski definition) is 0. The Morgan fingerprint density at radius 3 is 0.500 bits per heavy atom. The maximum absolute atomic E-state index is 2.59. The molecule has 0 bridgehead atoms. The van der Waals surface area contributed by atoms with Crippen LogP contribution in [0.5, 0.6) is 0 Å². The van der Waals surface area contributed by atoms with Crippen LogP contribution in [0.15, 0.2) is 122 Å². The van der Waals surface area contributed by atoms with Crippen molar-refractivity contribution < 1.29 is 0 Å². The van der Waals surface area contributed by atoms with Crippen LogP contribution in [0, 0.1) is 56.7 Å². The van der Waals surface area contributed by atoms with Crippen molar-refractivity contribution in [2.75, 3.05) is 0 Å². The van der Waals surface area contributed by atoms with Gasteiger partial charge in [-0.05, 0) is 59.2 Å². The normalized spacial score (nSPS) is 40.6. The minimum atomic E-state index is 0.0426. The zero-order valence-corrected chi connectivity index (χ0v) is 25.5. The van der Waals surface area contributed by atoms with Gasteiger partial charge in [-0.25, -0.2) is 0 Å². The van der Waals surface area contributed by atoms with Gasteiger partial charge < -0.3 is 0 Å². The summed E-state index contributed by atoms with van der Waals surface area (Å²) in [6.07, 6.45) is 55.4. The van der Waals surface area contributed by atoms with Crippen molar-refractivity contribution in [3.8, 4) is 0 Å². The van der Waals surface area contributed by atoms with Gasteiger partial charge in [-0.1, -0.05) is 156 Å². The predicted molar refractivity (Wildman–Crippen MR) is 172 cm³/mol. The molecule has 0 heteroatoms. The molecule has 210 valence electrons. The van der Waals surface area contributed by atoms with Crippen LogP contribution in [0.4, 0.5) is 0 Å². The molecule has 0 heterocycles. The van der Waals surface area contributed by atoms with Gasteiger partial charge >= 0.3 is 0 Å². The molecule has 0 aliphatic heterocycles. The van der Waals surface area contributed by atoms with Gasteiger partial charge in [0.1, 0.15) is 0 Å². The molecule has 0 N–H and O–H groups in total. The minimum Gasteiger partial charge on any atom is -0.0770 e. The molecule has 6 aliphatic rings. The summed E-state index contributed by atoms with van der Waals surface area (Å²) in [5, 5.41) is 0. The Bertz CT molecular complexity index is 977. The SMILES string of the molecule is CCC1(C2C=CC=C2)C(CC)(C2C=CC=C2)C(CC)(C2C=CC=C2)C(CC)(C2C=CC=C2)C1(CC)C1C=CC=C1. The summed E-state index contributed by atoms with van der Waals surface area (Å²) in [6, 6.07) is 0. The molecule has 0 radical (unpaired) electrons. The summed E-state index contributed by atoms with van der Waals surface area (Å²) < 4.78 is 0. The molecule has 0 saturated heterocycles. The highest BCUT2D eigenvalue weighted by Crippen LogP contribution is 2.92. The summed E-state index contributed by atoms with van der Waals surface area (Å²) >= 11 is 0. The fourth-order valence-corrected chi connectivity index (χ4v) is 13.1. The highest BCUT2D eigenvalue weighted by atomic mass is 14.9. The van der Waals surface area contributed by atoms with Crippen LogP contribution in [0.3, 0.4) is 0 Å². The fraction of sp³-hybridized carbons (Fsp3) is 0.500. The summed E-state index contributed by atoms with van der Waals surface area (Å²) in [6.45, 7) is 12.8. The summed E-state index contributed by atoms with van der Waals surface area (Å²) in [4.78, 5) is 0. The van der Waals surface area contributed by atoms with E-state index in [9.17, 15) is 0 Å². The molecule has 0 unspecified atom stereocenters. The maximum Gasteiger partial charge on any atom is 0.00209 e. The second-order valence-electron chi connectivity index (χ2n) is 13.1. The summed E-state index contributed by atoms with van der Waals surface area (Å²) in [5.74, 6) is 2.04. The topological polar surface area (TPSA) is 0 Å². The van der Waals surface area contributed by atoms with E-state index in [1.165, 1.54) is 32.1 Å². The summed E-state index contributed by atoms with van der Waals surface area (Å²) in [7, 11) is 0. The average Bonchev–Trinajstić information content (AvgIpc) is 3.83. The Balaban J connectivity index is 1.89. The van der Waals surface area contributed by atoms with Crippen molar-refractivity contribution >= 4 is 0 Å². The van der Waals surface area contributed by atoms with Crippen LogP contribution in [0.1, 0.15) is 66.7 Å². The molecule has 0 aromatic carbocycles. The minimum absolute atomic E-state index is 0.0426. The zero-order valence-electron chi connectivity index (χ0n) is 25.5. The van der Waals surface area contributed by atoms with E-state index in [1.807, 2.05) is 0 Å². The molecule has 0 aromatic rings. The van der Waals surface area contributed by atoms with Gasteiger partial charge in [-0.15, -0.1) is 0 Å². The Kier molecular flexibility index (Phi) is 6.92. The van der Waals surface area contributed by atoms with Crippen LogP contribution < -0.4 is 0 Å². The Labute approximate surface area is 244 Å². The van der Waals surface area contributed by atoms with E-state index < -0.39 is 0 Å². The Hall–Kier alpha value is -2.60. The second kappa shape index (κ2) is 10.0. The molecule has 0 spiro atoms. The number of allylic oxidation sites excluding steroid dienone is 20. The van der Waals surface area contributed by atoms with Gasteiger partial charge in [-0.2, -0.15) is 0 Å². The van der Waals surface area contributed by atoms with E-state index in [1.54, 1.807) is 0 Å². The van der Waals surface area contributed by atoms with E-state index in [0.717, 1.165) is 0 Å². The molecule has 0 aromatic heterocycles. The molecule has 0 amide bonds. The molecule has 0 nitrogen and oxygen atoms in total. The number of rotatable bonds is 10. The maximum atomic E-state index is 2.59. The fourth-order valence-electron chi connectivity index (χ4n) is 13.1. The van der Waals surface area contributed by atoms with Crippen molar-refractivity contribution in [2.24, 2.45) is 56.7 Å². The van der Waals surface area contributed by atoms with Crippen LogP contribution >= 0.6 is 0 Å². The molecule has 40 heavy (non-hydrogen) atoms. The molecular formula is C40H50. The van der Waals surface area contributed by atoms with Gasteiger partial charge in [0, 0.05) is 29.6 Å². The van der Waals surface area contributed by atoms with Crippen molar-refractivity contribution in [3.63, 3.8) is 0 Å². The van der Waals surface area contributed by atoms with Gasteiger partial charge in [0.25, 0.3) is 0 Å². The van der Waals surface area contributed by atoms with E-state index in [4.69, 9.17) is 0 Å². The quantitative estimate of drug-likeness (QED) is 0.263. The lowest BCUT2D eigenvalue weighted by Crippen LogP contribution is -2.59. The summed E-state index contributed by atoms with van der Waals surface area (Å²) in [5.41, 5.74) is 0.213. The lowest BCUT2D eigenvalue weighted by Gasteiger charge is -2.63. The van der Waals surface area contributed by atoms with Gasteiger partial charge in [-0.3, -0.25) is 0 Å². The molecular weight excluding hydrogens is 480 g/mol. The highest BCUT2D eigenvalue weighted by Gasteiger charge is 2.88.